The first-order chi connectivity index (χ1) is 6.22. The third-order valence-corrected chi connectivity index (χ3v) is 5.06. The zero-order chi connectivity index (χ0) is 9.42. The Morgan fingerprint density at radius 2 is 2.46 bits per heavy atom. The number of hydrogen-bond donors (Lipinski definition) is 0. The zero-order valence-corrected chi connectivity index (χ0v) is 10.9. The van der Waals surface area contributed by atoms with Crippen molar-refractivity contribution in [1.29, 1.82) is 0 Å². The van der Waals surface area contributed by atoms with Gasteiger partial charge < -0.3 is 0 Å². The molecule has 0 aromatic carbocycles. The van der Waals surface area contributed by atoms with Gasteiger partial charge >= 0.3 is 0 Å². The van der Waals surface area contributed by atoms with Gasteiger partial charge in [0, 0.05) is 9.78 Å². The highest BCUT2D eigenvalue weighted by Crippen LogP contribution is 2.42. The second kappa shape index (κ2) is 3.83. The molecule has 0 unspecified atom stereocenters. The van der Waals surface area contributed by atoms with Gasteiger partial charge in [0.15, 0.2) is 7.85 Å². The van der Waals surface area contributed by atoms with Crippen LogP contribution < -0.4 is 4.78 Å². The maximum Gasteiger partial charge on any atom is 0.152 e. The Labute approximate surface area is 96.3 Å². The number of thiophene rings is 1. The van der Waals surface area contributed by atoms with Crippen LogP contribution >= 0.6 is 39.0 Å². The Morgan fingerprint density at radius 1 is 1.69 bits per heavy atom. The molecule has 1 aliphatic rings. The molecule has 0 saturated heterocycles. The van der Waals surface area contributed by atoms with Crippen LogP contribution in [0.5, 0.6) is 0 Å². The van der Waals surface area contributed by atoms with E-state index in [0.29, 0.717) is 0 Å². The number of hydrogen-bond acceptors (Lipinski definition) is 2. The first kappa shape index (κ1) is 9.87. The van der Waals surface area contributed by atoms with Crippen LogP contribution in [0.4, 0.5) is 0 Å². The molecule has 0 saturated carbocycles. The lowest BCUT2D eigenvalue weighted by molar-refractivity contribution is 1.21. The van der Waals surface area contributed by atoms with Crippen LogP contribution in [0.3, 0.4) is 0 Å². The van der Waals surface area contributed by atoms with Crippen LogP contribution in [0.2, 0.25) is 0 Å². The summed E-state index contributed by atoms with van der Waals surface area (Å²) in [5.74, 6) is 0. The van der Waals surface area contributed by atoms with Crippen LogP contribution in [0.25, 0.3) is 4.91 Å². The van der Waals surface area contributed by atoms with E-state index in [0.717, 1.165) is 11.1 Å². The van der Waals surface area contributed by atoms with E-state index in [2.05, 4.69) is 36.8 Å². The molecule has 0 spiro atoms. The summed E-state index contributed by atoms with van der Waals surface area (Å²) in [6.45, 7) is 2.24. The van der Waals surface area contributed by atoms with Gasteiger partial charge in [-0.25, -0.2) is 0 Å². The molecule has 0 amide bonds. The van der Waals surface area contributed by atoms with E-state index in [4.69, 9.17) is 0 Å². The minimum atomic E-state index is 0.996. The monoisotopic (exact) mass is 272 g/mol. The molecule has 2 rings (SSSR count). The maximum atomic E-state index is 3.48. The van der Waals surface area contributed by atoms with E-state index >= 15 is 0 Å². The van der Waals surface area contributed by atoms with Crippen molar-refractivity contribution in [3.8, 4) is 0 Å². The quantitative estimate of drug-likeness (QED) is 0.589. The SMILES string of the molecule is Bc1cc2c(s1)C(SCBr)=C(C)C2. The van der Waals surface area contributed by atoms with Crippen molar-refractivity contribution in [1.82, 2.24) is 0 Å². The molecular formula is C9H10BBrS2. The highest BCUT2D eigenvalue weighted by molar-refractivity contribution is 9.11. The Balaban J connectivity index is 2.39. The lowest BCUT2D eigenvalue weighted by atomic mass is 10.1. The molecule has 1 heterocycles. The van der Waals surface area contributed by atoms with Crippen LogP contribution in [0.15, 0.2) is 11.6 Å². The van der Waals surface area contributed by atoms with Crippen LogP contribution in [-0.2, 0) is 6.42 Å². The minimum absolute atomic E-state index is 0.996. The van der Waals surface area contributed by atoms with Crippen molar-refractivity contribution < 1.29 is 0 Å². The highest BCUT2D eigenvalue weighted by Gasteiger charge is 2.20. The third kappa shape index (κ3) is 1.76. The molecule has 0 atom stereocenters. The number of halogens is 1. The van der Waals surface area contributed by atoms with Crippen LogP contribution in [-0.4, -0.2) is 12.5 Å². The summed E-state index contributed by atoms with van der Waals surface area (Å²) in [7, 11) is 2.19. The van der Waals surface area contributed by atoms with Gasteiger partial charge in [-0.05, 0) is 23.7 Å². The maximum absolute atomic E-state index is 3.48. The Hall–Kier alpha value is 0.335. The van der Waals surface area contributed by atoms with Crippen molar-refractivity contribution in [3.05, 3.63) is 22.1 Å². The summed E-state index contributed by atoms with van der Waals surface area (Å²) in [5, 5.41) is 0. The Bertz CT molecular complexity index is 368. The number of fused-ring (bicyclic) bond motifs is 1. The van der Waals surface area contributed by atoms with E-state index in [1.807, 2.05) is 23.1 Å². The molecule has 1 aromatic rings. The molecule has 0 nitrogen and oxygen atoms in total. The van der Waals surface area contributed by atoms with E-state index in [9.17, 15) is 0 Å². The lowest BCUT2D eigenvalue weighted by Crippen LogP contribution is -1.91. The average molecular weight is 273 g/mol. The smallest absolute Gasteiger partial charge is 0.150 e. The average Bonchev–Trinajstić information content (AvgIpc) is 2.52. The summed E-state index contributed by atoms with van der Waals surface area (Å²) >= 11 is 7.32. The molecular weight excluding hydrogens is 263 g/mol. The van der Waals surface area contributed by atoms with Gasteiger partial charge in [0.2, 0.25) is 0 Å². The van der Waals surface area contributed by atoms with Gasteiger partial charge in [-0.1, -0.05) is 27.6 Å². The summed E-state index contributed by atoms with van der Waals surface area (Å²) in [6.07, 6.45) is 1.16. The zero-order valence-electron chi connectivity index (χ0n) is 7.69. The van der Waals surface area contributed by atoms with E-state index in [1.54, 1.807) is 0 Å². The molecule has 1 aliphatic carbocycles. The summed E-state index contributed by atoms with van der Waals surface area (Å²) in [6, 6.07) is 2.32. The van der Waals surface area contributed by atoms with Gasteiger partial charge in [0.05, 0.1) is 4.66 Å². The van der Waals surface area contributed by atoms with Crippen molar-refractivity contribution in [2.45, 2.75) is 13.3 Å². The molecule has 0 bridgehead atoms. The number of alkyl halides is 1. The topological polar surface area (TPSA) is 0 Å². The van der Waals surface area contributed by atoms with Gasteiger partial charge in [-0.2, -0.15) is 11.3 Å². The van der Waals surface area contributed by atoms with Gasteiger partial charge in [-0.3, -0.25) is 0 Å². The lowest BCUT2D eigenvalue weighted by Gasteiger charge is -1.99. The first-order valence-corrected chi connectivity index (χ1v) is 7.13. The molecule has 1 aromatic heterocycles. The Morgan fingerprint density at radius 3 is 3.15 bits per heavy atom. The molecule has 4 heteroatoms. The molecule has 0 fully saturated rings. The normalized spacial score (nSPS) is 15.2. The Kier molecular flexibility index (Phi) is 2.91. The van der Waals surface area contributed by atoms with Crippen LogP contribution in [0, 0.1) is 0 Å². The standard InChI is InChI=1S/C9H10BBrS2/c1-5-2-6-3-7(10)13-9(6)8(5)12-4-11/h3H,2,4,10H2,1H3. The fourth-order valence-corrected chi connectivity index (χ4v) is 4.42. The van der Waals surface area contributed by atoms with Crippen molar-refractivity contribution in [3.63, 3.8) is 0 Å². The molecule has 0 radical (unpaired) electrons. The van der Waals surface area contributed by atoms with E-state index in [1.165, 1.54) is 25.7 Å². The molecule has 0 N–H and O–H groups in total. The van der Waals surface area contributed by atoms with Gasteiger partial charge in [0.25, 0.3) is 0 Å². The highest BCUT2D eigenvalue weighted by atomic mass is 79.9. The van der Waals surface area contributed by atoms with Crippen LogP contribution in [0.1, 0.15) is 17.4 Å². The van der Waals surface area contributed by atoms with Crippen molar-refractivity contribution >= 4 is 56.6 Å². The third-order valence-electron chi connectivity index (χ3n) is 2.18. The second-order valence-electron chi connectivity index (χ2n) is 3.25. The predicted molar refractivity (Wildman–Crippen MR) is 70.2 cm³/mol. The fourth-order valence-electron chi connectivity index (χ4n) is 1.69. The fraction of sp³-hybridized carbons (Fsp3) is 0.333. The largest absolute Gasteiger partial charge is 0.152 e. The first-order valence-electron chi connectivity index (χ1n) is 4.20. The molecule has 0 aliphatic heterocycles. The molecule has 13 heavy (non-hydrogen) atoms. The summed E-state index contributed by atoms with van der Waals surface area (Å²) in [4.78, 5) is 3.02. The second-order valence-corrected chi connectivity index (χ2v) is 6.80. The number of allylic oxidation sites excluding steroid dienone is 1. The number of rotatable bonds is 2. The summed E-state index contributed by atoms with van der Waals surface area (Å²) < 4.78 is 2.43. The van der Waals surface area contributed by atoms with Gasteiger partial charge in [0.1, 0.15) is 0 Å². The van der Waals surface area contributed by atoms with Crippen molar-refractivity contribution in [2.24, 2.45) is 0 Å². The molecule has 68 valence electrons. The number of thioether (sulfide) groups is 1. The summed E-state index contributed by atoms with van der Waals surface area (Å²) in [5.41, 5.74) is 3.06. The predicted octanol–water partition coefficient (Wildman–Crippen LogP) is 2.38. The van der Waals surface area contributed by atoms with Crippen molar-refractivity contribution in [2.75, 3.05) is 4.66 Å². The minimum Gasteiger partial charge on any atom is -0.150 e. The van der Waals surface area contributed by atoms with E-state index < -0.39 is 0 Å². The van der Waals surface area contributed by atoms with E-state index in [-0.39, 0.29) is 0 Å². The van der Waals surface area contributed by atoms with Gasteiger partial charge in [-0.15, -0.1) is 11.8 Å².